The molecule has 0 aliphatic heterocycles. The first kappa shape index (κ1) is 15.3. The van der Waals surface area contributed by atoms with Crippen LogP contribution in [0.25, 0.3) is 12.2 Å². The molecular formula is C20H22O. The van der Waals surface area contributed by atoms with Gasteiger partial charge in [0, 0.05) is 0 Å². The molecule has 0 atom stereocenters. The van der Waals surface area contributed by atoms with Crippen molar-refractivity contribution in [2.75, 3.05) is 13.2 Å². The Bertz CT molecular complexity index is 533. The summed E-state index contributed by atoms with van der Waals surface area (Å²) in [5, 5.41) is 0. The van der Waals surface area contributed by atoms with Crippen molar-refractivity contribution in [3.63, 3.8) is 0 Å². The third kappa shape index (κ3) is 5.80. The van der Waals surface area contributed by atoms with Crippen LogP contribution in [-0.4, -0.2) is 13.2 Å². The highest BCUT2D eigenvalue weighted by Gasteiger charge is 1.87. The lowest BCUT2D eigenvalue weighted by Gasteiger charge is -1.97. The third-order valence-electron chi connectivity index (χ3n) is 3.20. The smallest absolute Gasteiger partial charge is 0.0655 e. The zero-order valence-corrected chi connectivity index (χ0v) is 12.8. The summed E-state index contributed by atoms with van der Waals surface area (Å²) in [5.74, 6) is 0. The van der Waals surface area contributed by atoms with Crippen LogP contribution in [-0.2, 0) is 4.74 Å². The summed E-state index contributed by atoms with van der Waals surface area (Å²) >= 11 is 0. The molecule has 0 spiro atoms. The maximum Gasteiger partial charge on any atom is 0.0655 e. The van der Waals surface area contributed by atoms with E-state index in [1.807, 2.05) is 12.2 Å². The predicted molar refractivity (Wildman–Crippen MR) is 91.2 cm³/mol. The molecule has 0 saturated carbocycles. The van der Waals surface area contributed by atoms with Crippen molar-refractivity contribution < 1.29 is 4.74 Å². The van der Waals surface area contributed by atoms with Crippen molar-refractivity contribution in [3.8, 4) is 0 Å². The highest BCUT2D eigenvalue weighted by atomic mass is 16.5. The molecule has 0 N–H and O–H groups in total. The van der Waals surface area contributed by atoms with E-state index in [0.29, 0.717) is 13.2 Å². The van der Waals surface area contributed by atoms with E-state index in [2.05, 4.69) is 74.5 Å². The van der Waals surface area contributed by atoms with Crippen LogP contribution in [0.5, 0.6) is 0 Å². The Morgan fingerprint density at radius 1 is 0.667 bits per heavy atom. The van der Waals surface area contributed by atoms with E-state index in [0.717, 1.165) is 0 Å². The lowest BCUT2D eigenvalue weighted by Crippen LogP contribution is -1.90. The van der Waals surface area contributed by atoms with Crippen LogP contribution in [0, 0.1) is 13.8 Å². The molecule has 1 heteroatoms. The molecule has 0 heterocycles. The molecular weight excluding hydrogens is 256 g/mol. The number of rotatable bonds is 6. The monoisotopic (exact) mass is 278 g/mol. The van der Waals surface area contributed by atoms with Crippen molar-refractivity contribution in [2.45, 2.75) is 13.8 Å². The van der Waals surface area contributed by atoms with Gasteiger partial charge in [0.15, 0.2) is 0 Å². The van der Waals surface area contributed by atoms with Crippen LogP contribution in [0.2, 0.25) is 0 Å². The molecule has 2 aromatic carbocycles. The summed E-state index contributed by atoms with van der Waals surface area (Å²) in [6.07, 6.45) is 8.26. The highest BCUT2D eigenvalue weighted by molar-refractivity contribution is 5.50. The third-order valence-corrected chi connectivity index (χ3v) is 3.20. The van der Waals surface area contributed by atoms with E-state index in [4.69, 9.17) is 4.74 Å². The molecule has 0 fully saturated rings. The number of benzene rings is 2. The first-order valence-electron chi connectivity index (χ1n) is 7.28. The molecule has 0 bridgehead atoms. The summed E-state index contributed by atoms with van der Waals surface area (Å²) in [6.45, 7) is 5.45. The van der Waals surface area contributed by atoms with Gasteiger partial charge < -0.3 is 4.74 Å². The first-order chi connectivity index (χ1) is 10.2. The van der Waals surface area contributed by atoms with Crippen LogP contribution in [0.15, 0.2) is 60.7 Å². The number of aryl methyl sites for hydroxylation is 2. The van der Waals surface area contributed by atoms with Crippen molar-refractivity contribution in [3.05, 3.63) is 82.9 Å². The standard InChI is InChI=1S/C20H22O/c1-17-7-11-19(12-8-17)5-3-15-21-16-4-6-20-13-9-18(2)10-14-20/h3-14H,15-16H2,1-2H3. The van der Waals surface area contributed by atoms with E-state index in [1.54, 1.807) is 0 Å². The second kappa shape index (κ2) is 8.23. The van der Waals surface area contributed by atoms with Gasteiger partial charge in [0.2, 0.25) is 0 Å². The summed E-state index contributed by atoms with van der Waals surface area (Å²) in [4.78, 5) is 0. The van der Waals surface area contributed by atoms with Gasteiger partial charge in [-0.25, -0.2) is 0 Å². The number of hydrogen-bond acceptors (Lipinski definition) is 1. The van der Waals surface area contributed by atoms with Crippen LogP contribution in [0.4, 0.5) is 0 Å². The van der Waals surface area contributed by atoms with E-state index >= 15 is 0 Å². The molecule has 0 aromatic heterocycles. The summed E-state index contributed by atoms with van der Waals surface area (Å²) < 4.78 is 5.55. The van der Waals surface area contributed by atoms with Crippen molar-refractivity contribution in [1.82, 2.24) is 0 Å². The van der Waals surface area contributed by atoms with Crippen LogP contribution in [0.1, 0.15) is 22.3 Å². The molecule has 2 rings (SSSR count). The molecule has 0 unspecified atom stereocenters. The SMILES string of the molecule is Cc1ccc(C=CCOCC=Cc2ccc(C)cc2)cc1. The zero-order chi connectivity index (χ0) is 14.9. The minimum absolute atomic E-state index is 0.631. The van der Waals surface area contributed by atoms with Crippen LogP contribution < -0.4 is 0 Å². The van der Waals surface area contributed by atoms with E-state index < -0.39 is 0 Å². The molecule has 0 amide bonds. The van der Waals surface area contributed by atoms with Gasteiger partial charge in [-0.1, -0.05) is 84.0 Å². The number of ether oxygens (including phenoxy) is 1. The fourth-order valence-corrected chi connectivity index (χ4v) is 1.93. The zero-order valence-electron chi connectivity index (χ0n) is 12.8. The van der Waals surface area contributed by atoms with E-state index in [1.165, 1.54) is 22.3 Å². The second-order valence-corrected chi connectivity index (χ2v) is 5.16. The van der Waals surface area contributed by atoms with Gasteiger partial charge in [-0.05, 0) is 25.0 Å². The minimum atomic E-state index is 0.631. The average Bonchev–Trinajstić information content (AvgIpc) is 2.50. The highest BCUT2D eigenvalue weighted by Crippen LogP contribution is 2.06. The Kier molecular flexibility index (Phi) is 5.99. The van der Waals surface area contributed by atoms with Crippen LogP contribution >= 0.6 is 0 Å². The van der Waals surface area contributed by atoms with Gasteiger partial charge in [-0.2, -0.15) is 0 Å². The maximum atomic E-state index is 5.55. The molecule has 21 heavy (non-hydrogen) atoms. The van der Waals surface area contributed by atoms with Crippen molar-refractivity contribution in [2.24, 2.45) is 0 Å². The normalized spacial score (nSPS) is 11.5. The van der Waals surface area contributed by atoms with Crippen molar-refractivity contribution in [1.29, 1.82) is 0 Å². The minimum Gasteiger partial charge on any atom is -0.373 e. The molecule has 0 radical (unpaired) electrons. The number of hydrogen-bond donors (Lipinski definition) is 0. The van der Waals surface area contributed by atoms with Gasteiger partial charge in [0.25, 0.3) is 0 Å². The van der Waals surface area contributed by atoms with Gasteiger partial charge in [0.1, 0.15) is 0 Å². The molecule has 0 aliphatic carbocycles. The van der Waals surface area contributed by atoms with E-state index in [-0.39, 0.29) is 0 Å². The fraction of sp³-hybridized carbons (Fsp3) is 0.200. The fourth-order valence-electron chi connectivity index (χ4n) is 1.93. The quantitative estimate of drug-likeness (QED) is 0.672. The Balaban J connectivity index is 1.67. The molecule has 2 aromatic rings. The lowest BCUT2D eigenvalue weighted by molar-refractivity contribution is 0.195. The summed E-state index contributed by atoms with van der Waals surface area (Å²) in [5.41, 5.74) is 4.98. The Morgan fingerprint density at radius 3 is 1.43 bits per heavy atom. The van der Waals surface area contributed by atoms with E-state index in [9.17, 15) is 0 Å². The van der Waals surface area contributed by atoms with Gasteiger partial charge in [0.05, 0.1) is 13.2 Å². The largest absolute Gasteiger partial charge is 0.373 e. The molecule has 0 aliphatic rings. The maximum absolute atomic E-state index is 5.55. The lowest BCUT2D eigenvalue weighted by atomic mass is 10.1. The Labute approximate surface area is 127 Å². The van der Waals surface area contributed by atoms with Gasteiger partial charge in [-0.3, -0.25) is 0 Å². The molecule has 1 nitrogen and oxygen atoms in total. The predicted octanol–water partition coefficient (Wildman–Crippen LogP) is 5.05. The van der Waals surface area contributed by atoms with Gasteiger partial charge in [-0.15, -0.1) is 0 Å². The summed E-state index contributed by atoms with van der Waals surface area (Å²) in [6, 6.07) is 16.9. The van der Waals surface area contributed by atoms with Gasteiger partial charge >= 0.3 is 0 Å². The Morgan fingerprint density at radius 2 is 1.05 bits per heavy atom. The Hall–Kier alpha value is -2.12. The molecule has 0 saturated heterocycles. The second-order valence-electron chi connectivity index (χ2n) is 5.16. The average molecular weight is 278 g/mol. The summed E-state index contributed by atoms with van der Waals surface area (Å²) in [7, 11) is 0. The molecule has 108 valence electrons. The topological polar surface area (TPSA) is 9.23 Å². The first-order valence-corrected chi connectivity index (χ1v) is 7.28. The van der Waals surface area contributed by atoms with Crippen LogP contribution in [0.3, 0.4) is 0 Å². The van der Waals surface area contributed by atoms with Crippen molar-refractivity contribution >= 4 is 12.2 Å².